The van der Waals surface area contributed by atoms with Gasteiger partial charge in [0.15, 0.2) is 0 Å². The zero-order valence-corrected chi connectivity index (χ0v) is 10.1. The van der Waals surface area contributed by atoms with Crippen LogP contribution >= 0.6 is 0 Å². The molecule has 1 rings (SSSR count). The highest BCUT2D eigenvalue weighted by molar-refractivity contribution is 5.89. The summed E-state index contributed by atoms with van der Waals surface area (Å²) in [5.41, 5.74) is -0.471. The van der Waals surface area contributed by atoms with Gasteiger partial charge in [0.2, 0.25) is 0 Å². The zero-order valence-electron chi connectivity index (χ0n) is 10.1. The lowest BCUT2D eigenvalue weighted by molar-refractivity contribution is 0.188. The van der Waals surface area contributed by atoms with E-state index in [9.17, 15) is 13.6 Å². The number of halogens is 2. The Morgan fingerprint density at radius 3 is 2.44 bits per heavy atom. The SMILES string of the molecule is CCCN(CCO)C(=O)Nc1c(F)cccc1F. The van der Waals surface area contributed by atoms with Crippen molar-refractivity contribution in [2.45, 2.75) is 13.3 Å². The molecular weight excluding hydrogens is 242 g/mol. The van der Waals surface area contributed by atoms with E-state index in [2.05, 4.69) is 5.32 Å². The van der Waals surface area contributed by atoms with Gasteiger partial charge < -0.3 is 15.3 Å². The van der Waals surface area contributed by atoms with Crippen molar-refractivity contribution >= 4 is 11.7 Å². The normalized spacial score (nSPS) is 10.2. The van der Waals surface area contributed by atoms with Crippen LogP contribution in [0.1, 0.15) is 13.3 Å². The largest absolute Gasteiger partial charge is 0.395 e. The fraction of sp³-hybridized carbons (Fsp3) is 0.417. The van der Waals surface area contributed by atoms with Gasteiger partial charge in [-0.1, -0.05) is 13.0 Å². The fourth-order valence-electron chi connectivity index (χ4n) is 1.51. The summed E-state index contributed by atoms with van der Waals surface area (Å²) in [6, 6.07) is 2.72. The first kappa shape index (κ1) is 14.4. The number of anilines is 1. The van der Waals surface area contributed by atoms with E-state index in [0.29, 0.717) is 13.0 Å². The molecular formula is C12H16F2N2O2. The molecule has 2 N–H and O–H groups in total. The Hall–Kier alpha value is -1.69. The number of urea groups is 1. The number of carbonyl (C=O) groups is 1. The van der Waals surface area contributed by atoms with Crippen LogP contribution in [-0.2, 0) is 0 Å². The molecule has 0 atom stereocenters. The summed E-state index contributed by atoms with van der Waals surface area (Å²) in [7, 11) is 0. The van der Waals surface area contributed by atoms with Gasteiger partial charge in [-0.2, -0.15) is 0 Å². The van der Waals surface area contributed by atoms with Crippen LogP contribution in [0.3, 0.4) is 0 Å². The average Bonchev–Trinajstić information content (AvgIpc) is 2.33. The molecule has 0 aliphatic heterocycles. The Morgan fingerprint density at radius 2 is 1.94 bits per heavy atom. The maximum Gasteiger partial charge on any atom is 0.322 e. The van der Waals surface area contributed by atoms with Crippen LogP contribution in [0.5, 0.6) is 0 Å². The van der Waals surface area contributed by atoms with Crippen LogP contribution in [0.2, 0.25) is 0 Å². The Labute approximate surface area is 104 Å². The molecule has 0 bridgehead atoms. The van der Waals surface area contributed by atoms with E-state index in [0.717, 1.165) is 12.1 Å². The van der Waals surface area contributed by atoms with Crippen molar-refractivity contribution in [3.8, 4) is 0 Å². The third-order valence-corrected chi connectivity index (χ3v) is 2.35. The number of para-hydroxylation sites is 1. The molecule has 0 aliphatic carbocycles. The molecule has 100 valence electrons. The molecule has 0 radical (unpaired) electrons. The van der Waals surface area contributed by atoms with Gasteiger partial charge in [0.1, 0.15) is 17.3 Å². The second-order valence-electron chi connectivity index (χ2n) is 3.74. The average molecular weight is 258 g/mol. The van der Waals surface area contributed by atoms with Gasteiger partial charge in [0, 0.05) is 13.1 Å². The lowest BCUT2D eigenvalue weighted by Crippen LogP contribution is -2.38. The molecule has 0 aromatic heterocycles. The van der Waals surface area contributed by atoms with Crippen molar-refractivity contribution in [2.24, 2.45) is 0 Å². The minimum absolute atomic E-state index is 0.121. The van der Waals surface area contributed by atoms with E-state index >= 15 is 0 Å². The highest BCUT2D eigenvalue weighted by Crippen LogP contribution is 2.18. The second kappa shape index (κ2) is 6.90. The number of nitrogens with zero attached hydrogens (tertiary/aromatic N) is 1. The molecule has 18 heavy (non-hydrogen) atoms. The summed E-state index contributed by atoms with van der Waals surface area (Å²) in [5, 5.41) is 11.0. The number of nitrogens with one attached hydrogen (secondary N) is 1. The lowest BCUT2D eigenvalue weighted by Gasteiger charge is -2.21. The van der Waals surface area contributed by atoms with E-state index in [1.54, 1.807) is 0 Å². The number of carbonyl (C=O) groups excluding carboxylic acids is 1. The van der Waals surface area contributed by atoms with Crippen LogP contribution in [0.25, 0.3) is 0 Å². The Morgan fingerprint density at radius 1 is 1.33 bits per heavy atom. The molecule has 1 aromatic rings. The van der Waals surface area contributed by atoms with Gasteiger partial charge in [-0.25, -0.2) is 13.6 Å². The van der Waals surface area contributed by atoms with Crippen LogP contribution in [-0.4, -0.2) is 35.7 Å². The summed E-state index contributed by atoms with van der Waals surface area (Å²) in [4.78, 5) is 13.1. The maximum absolute atomic E-state index is 13.3. The maximum atomic E-state index is 13.3. The highest BCUT2D eigenvalue weighted by atomic mass is 19.1. The highest BCUT2D eigenvalue weighted by Gasteiger charge is 2.16. The molecule has 0 fully saturated rings. The fourth-order valence-corrected chi connectivity index (χ4v) is 1.51. The predicted octanol–water partition coefficient (Wildman–Crippen LogP) is 2.20. The van der Waals surface area contributed by atoms with Gasteiger partial charge >= 0.3 is 6.03 Å². The minimum atomic E-state index is -0.830. The van der Waals surface area contributed by atoms with Crippen molar-refractivity contribution < 1.29 is 18.7 Å². The third-order valence-electron chi connectivity index (χ3n) is 2.35. The van der Waals surface area contributed by atoms with Crippen molar-refractivity contribution in [3.63, 3.8) is 0 Å². The molecule has 2 amide bonds. The first-order valence-electron chi connectivity index (χ1n) is 5.71. The number of hydrogen-bond acceptors (Lipinski definition) is 2. The van der Waals surface area contributed by atoms with E-state index in [-0.39, 0.29) is 13.2 Å². The molecule has 0 saturated heterocycles. The van der Waals surface area contributed by atoms with E-state index in [1.165, 1.54) is 11.0 Å². The predicted molar refractivity (Wildman–Crippen MR) is 64.3 cm³/mol. The Bertz CT molecular complexity index is 387. The van der Waals surface area contributed by atoms with Crippen LogP contribution in [0, 0.1) is 11.6 Å². The first-order chi connectivity index (χ1) is 8.60. The van der Waals surface area contributed by atoms with Crippen LogP contribution in [0.15, 0.2) is 18.2 Å². The molecule has 4 nitrogen and oxygen atoms in total. The molecule has 0 aliphatic rings. The van der Waals surface area contributed by atoms with Gasteiger partial charge in [-0.05, 0) is 18.6 Å². The third kappa shape index (κ3) is 3.66. The van der Waals surface area contributed by atoms with Gasteiger partial charge in [0.25, 0.3) is 0 Å². The van der Waals surface area contributed by atoms with Crippen molar-refractivity contribution in [2.75, 3.05) is 25.0 Å². The van der Waals surface area contributed by atoms with Gasteiger partial charge in [-0.15, -0.1) is 0 Å². The quantitative estimate of drug-likeness (QED) is 0.850. The standard InChI is InChI=1S/C12H16F2N2O2/c1-2-6-16(7-8-17)12(18)15-11-9(13)4-3-5-10(11)14/h3-5,17H,2,6-8H2,1H3,(H,15,18). The van der Waals surface area contributed by atoms with Crippen molar-refractivity contribution in [1.29, 1.82) is 0 Å². The van der Waals surface area contributed by atoms with Crippen molar-refractivity contribution in [1.82, 2.24) is 4.90 Å². The second-order valence-corrected chi connectivity index (χ2v) is 3.74. The van der Waals surface area contributed by atoms with Crippen molar-refractivity contribution in [3.05, 3.63) is 29.8 Å². The molecule has 6 heteroatoms. The van der Waals surface area contributed by atoms with E-state index < -0.39 is 23.4 Å². The molecule has 1 aromatic carbocycles. The number of rotatable bonds is 5. The molecule has 0 saturated carbocycles. The number of hydrogen-bond donors (Lipinski definition) is 2. The van der Waals surface area contributed by atoms with Crippen LogP contribution < -0.4 is 5.32 Å². The lowest BCUT2D eigenvalue weighted by atomic mass is 10.3. The summed E-state index contributed by atoms with van der Waals surface area (Å²) >= 11 is 0. The monoisotopic (exact) mass is 258 g/mol. The summed E-state index contributed by atoms with van der Waals surface area (Å²) in [5.74, 6) is -1.66. The zero-order chi connectivity index (χ0) is 13.5. The topological polar surface area (TPSA) is 52.6 Å². The van der Waals surface area contributed by atoms with Gasteiger partial charge in [-0.3, -0.25) is 0 Å². The first-order valence-corrected chi connectivity index (χ1v) is 5.71. The number of aliphatic hydroxyl groups excluding tert-OH is 1. The molecule has 0 unspecified atom stereocenters. The summed E-state index contributed by atoms with van der Waals surface area (Å²) < 4.78 is 26.6. The van der Waals surface area contributed by atoms with E-state index in [4.69, 9.17) is 5.11 Å². The van der Waals surface area contributed by atoms with Crippen LogP contribution in [0.4, 0.5) is 19.3 Å². The number of benzene rings is 1. The Balaban J connectivity index is 2.79. The number of amides is 2. The number of aliphatic hydroxyl groups is 1. The molecule has 0 heterocycles. The van der Waals surface area contributed by atoms with Gasteiger partial charge in [0.05, 0.1) is 6.61 Å². The summed E-state index contributed by atoms with van der Waals surface area (Å²) in [6.45, 7) is 2.19. The smallest absolute Gasteiger partial charge is 0.322 e. The summed E-state index contributed by atoms with van der Waals surface area (Å²) in [6.07, 6.45) is 0.688. The Kier molecular flexibility index (Phi) is 5.51. The molecule has 0 spiro atoms. The minimum Gasteiger partial charge on any atom is -0.395 e. The van der Waals surface area contributed by atoms with E-state index in [1.807, 2.05) is 6.92 Å².